The first-order valence-corrected chi connectivity index (χ1v) is 11.2. The summed E-state index contributed by atoms with van der Waals surface area (Å²) in [5.41, 5.74) is 4.05. The lowest BCUT2D eigenvalue weighted by molar-refractivity contribution is 0.276. The molecule has 2 heterocycles. The maximum absolute atomic E-state index is 10.1. The van der Waals surface area contributed by atoms with Gasteiger partial charge in [0.1, 0.15) is 29.4 Å². The van der Waals surface area contributed by atoms with Gasteiger partial charge in [-0.1, -0.05) is 42.5 Å². The summed E-state index contributed by atoms with van der Waals surface area (Å²) in [6.07, 6.45) is 1.46. The minimum absolute atomic E-state index is 0.101. The van der Waals surface area contributed by atoms with Crippen LogP contribution in [0, 0.1) is 0 Å². The maximum Gasteiger partial charge on any atom is 0.232 e. The molecule has 35 heavy (non-hydrogen) atoms. The molecule has 0 spiro atoms. The number of hydrogen-bond acceptors (Lipinski definition) is 7. The van der Waals surface area contributed by atoms with Crippen LogP contribution >= 0.6 is 0 Å². The van der Waals surface area contributed by atoms with Gasteiger partial charge in [-0.15, -0.1) is 0 Å². The Morgan fingerprint density at radius 1 is 0.829 bits per heavy atom. The number of anilines is 1. The highest BCUT2D eigenvalue weighted by molar-refractivity contribution is 6.06. The largest absolute Gasteiger partial charge is 0.497 e. The Balaban J connectivity index is 1.70. The Labute approximate surface area is 203 Å². The normalized spacial score (nSPS) is 11.9. The molecule has 0 aliphatic rings. The monoisotopic (exact) mass is 467 g/mol. The third kappa shape index (κ3) is 4.41. The summed E-state index contributed by atoms with van der Waals surface area (Å²) in [7, 11) is 3.27. The Morgan fingerprint density at radius 3 is 2.06 bits per heavy atom. The molecule has 2 aromatic heterocycles. The molecule has 0 saturated carbocycles. The second-order valence-corrected chi connectivity index (χ2v) is 7.96. The molecular formula is C28H25N3O4. The first kappa shape index (κ1) is 22.4. The third-order valence-corrected chi connectivity index (χ3v) is 5.91. The number of nitrogens with zero attached hydrogens (tertiary/aromatic N) is 2. The smallest absolute Gasteiger partial charge is 0.232 e. The predicted molar refractivity (Wildman–Crippen MR) is 136 cm³/mol. The van der Waals surface area contributed by atoms with Crippen molar-refractivity contribution in [2.45, 2.75) is 6.04 Å². The molecule has 1 unspecified atom stereocenters. The van der Waals surface area contributed by atoms with Crippen molar-refractivity contribution in [2.24, 2.45) is 0 Å². The van der Waals surface area contributed by atoms with Gasteiger partial charge >= 0.3 is 0 Å². The van der Waals surface area contributed by atoms with E-state index >= 15 is 0 Å². The Morgan fingerprint density at radius 2 is 1.46 bits per heavy atom. The highest BCUT2D eigenvalue weighted by atomic mass is 16.5. The molecule has 0 aliphatic heterocycles. The predicted octanol–water partition coefficient (Wildman–Crippen LogP) is 5.72. The zero-order valence-corrected chi connectivity index (χ0v) is 19.4. The van der Waals surface area contributed by atoms with Crippen LogP contribution in [0.5, 0.6) is 11.5 Å². The van der Waals surface area contributed by atoms with E-state index in [1.165, 1.54) is 6.33 Å². The standard InChI is InChI=1S/C28H25N3O4/c1-33-21-12-8-19(9-13-21)24-25-27(31-23(16-32)18-6-4-3-5-7-18)29-17-30-28(25)35-26(24)20-10-14-22(34-2)15-11-20/h3-15,17,23,32H,16H2,1-2H3,(H,29,30,31). The van der Waals surface area contributed by atoms with Crippen LogP contribution < -0.4 is 14.8 Å². The number of methoxy groups -OCH3 is 2. The lowest BCUT2D eigenvalue weighted by atomic mass is 9.98. The van der Waals surface area contributed by atoms with Gasteiger partial charge in [-0.05, 0) is 47.5 Å². The molecule has 2 N–H and O–H groups in total. The van der Waals surface area contributed by atoms with Crippen molar-refractivity contribution in [3.8, 4) is 33.9 Å². The number of ether oxygens (including phenoxy) is 2. The van der Waals surface area contributed by atoms with E-state index in [9.17, 15) is 5.11 Å². The van der Waals surface area contributed by atoms with E-state index in [4.69, 9.17) is 13.9 Å². The average Bonchev–Trinajstić information content (AvgIpc) is 3.32. The van der Waals surface area contributed by atoms with Crippen molar-refractivity contribution >= 4 is 16.9 Å². The minimum Gasteiger partial charge on any atom is -0.497 e. The summed E-state index contributed by atoms with van der Waals surface area (Å²) in [6.45, 7) is -0.101. The second kappa shape index (κ2) is 9.87. The Kier molecular flexibility index (Phi) is 6.32. The van der Waals surface area contributed by atoms with Crippen LogP contribution in [0.25, 0.3) is 33.6 Å². The molecule has 0 radical (unpaired) electrons. The quantitative estimate of drug-likeness (QED) is 0.302. The summed E-state index contributed by atoms with van der Waals surface area (Å²) < 4.78 is 17.0. The van der Waals surface area contributed by atoms with Gasteiger partial charge in [0, 0.05) is 11.1 Å². The fourth-order valence-electron chi connectivity index (χ4n) is 4.11. The van der Waals surface area contributed by atoms with Gasteiger partial charge in [0.2, 0.25) is 5.71 Å². The highest BCUT2D eigenvalue weighted by Gasteiger charge is 2.23. The molecule has 0 bridgehead atoms. The van der Waals surface area contributed by atoms with Gasteiger partial charge in [-0.25, -0.2) is 9.97 Å². The number of fused-ring (bicyclic) bond motifs is 1. The molecule has 7 nitrogen and oxygen atoms in total. The van der Waals surface area contributed by atoms with Gasteiger partial charge in [-0.2, -0.15) is 0 Å². The first-order chi connectivity index (χ1) is 17.2. The molecule has 176 valence electrons. The zero-order valence-electron chi connectivity index (χ0n) is 19.4. The summed E-state index contributed by atoms with van der Waals surface area (Å²) >= 11 is 0. The molecule has 5 rings (SSSR count). The fraction of sp³-hybridized carbons (Fsp3) is 0.143. The van der Waals surface area contributed by atoms with Crippen LogP contribution in [0.15, 0.2) is 89.6 Å². The molecule has 0 amide bonds. The maximum atomic E-state index is 10.1. The van der Waals surface area contributed by atoms with Gasteiger partial charge in [0.05, 0.1) is 32.3 Å². The van der Waals surface area contributed by atoms with Crippen molar-refractivity contribution in [1.82, 2.24) is 9.97 Å². The molecule has 0 aliphatic carbocycles. The van der Waals surface area contributed by atoms with Crippen molar-refractivity contribution in [2.75, 3.05) is 26.1 Å². The van der Waals surface area contributed by atoms with E-state index in [0.29, 0.717) is 17.3 Å². The number of furan rings is 1. The topological polar surface area (TPSA) is 89.6 Å². The summed E-state index contributed by atoms with van der Waals surface area (Å²) in [6, 6.07) is 24.9. The first-order valence-electron chi connectivity index (χ1n) is 11.2. The summed E-state index contributed by atoms with van der Waals surface area (Å²) in [4.78, 5) is 8.95. The Bertz CT molecular complexity index is 1420. The van der Waals surface area contributed by atoms with Gasteiger partial charge in [-0.3, -0.25) is 0 Å². The third-order valence-electron chi connectivity index (χ3n) is 5.91. The number of aromatic nitrogens is 2. The molecule has 5 aromatic rings. The number of rotatable bonds is 8. The SMILES string of the molecule is COc1ccc(-c2oc3ncnc(NC(CO)c4ccccc4)c3c2-c2ccc(OC)cc2)cc1. The minimum atomic E-state index is -0.350. The van der Waals surface area contributed by atoms with E-state index in [1.807, 2.05) is 78.9 Å². The van der Waals surface area contributed by atoms with Crippen LogP contribution in [0.2, 0.25) is 0 Å². The van der Waals surface area contributed by atoms with Crippen LogP contribution in [0.3, 0.4) is 0 Å². The number of aliphatic hydroxyl groups is 1. The van der Waals surface area contributed by atoms with Crippen LogP contribution in [-0.4, -0.2) is 35.9 Å². The summed E-state index contributed by atoms with van der Waals surface area (Å²) in [5.74, 6) is 2.75. The average molecular weight is 468 g/mol. The molecule has 1 atom stereocenters. The lowest BCUT2D eigenvalue weighted by Gasteiger charge is -2.18. The van der Waals surface area contributed by atoms with E-state index in [0.717, 1.165) is 39.1 Å². The van der Waals surface area contributed by atoms with Crippen LogP contribution in [0.1, 0.15) is 11.6 Å². The molecule has 7 heteroatoms. The number of nitrogens with one attached hydrogen (secondary N) is 1. The van der Waals surface area contributed by atoms with Gasteiger partial charge in [0.15, 0.2) is 0 Å². The Hall–Kier alpha value is -4.36. The molecule has 3 aromatic carbocycles. The van der Waals surface area contributed by atoms with Crippen LogP contribution in [-0.2, 0) is 0 Å². The lowest BCUT2D eigenvalue weighted by Crippen LogP contribution is -2.15. The summed E-state index contributed by atoms with van der Waals surface area (Å²) in [5, 5.41) is 14.3. The van der Waals surface area contributed by atoms with Gasteiger partial charge < -0.3 is 24.3 Å². The van der Waals surface area contributed by atoms with E-state index in [-0.39, 0.29) is 12.6 Å². The second-order valence-electron chi connectivity index (χ2n) is 7.96. The van der Waals surface area contributed by atoms with Crippen LogP contribution in [0.4, 0.5) is 5.82 Å². The van der Waals surface area contributed by atoms with Crippen molar-refractivity contribution in [3.63, 3.8) is 0 Å². The van der Waals surface area contributed by atoms with E-state index in [1.54, 1.807) is 14.2 Å². The van der Waals surface area contributed by atoms with E-state index < -0.39 is 0 Å². The molecule has 0 saturated heterocycles. The number of benzene rings is 3. The highest BCUT2D eigenvalue weighted by Crippen LogP contribution is 2.43. The fourth-order valence-corrected chi connectivity index (χ4v) is 4.11. The van der Waals surface area contributed by atoms with Crippen molar-refractivity contribution in [3.05, 3.63) is 90.8 Å². The number of hydrogen-bond donors (Lipinski definition) is 2. The van der Waals surface area contributed by atoms with Gasteiger partial charge in [0.25, 0.3) is 0 Å². The molecule has 0 fully saturated rings. The number of aliphatic hydroxyl groups excluding tert-OH is 1. The van der Waals surface area contributed by atoms with Crippen molar-refractivity contribution in [1.29, 1.82) is 0 Å². The molecular weight excluding hydrogens is 442 g/mol. The van der Waals surface area contributed by atoms with E-state index in [2.05, 4.69) is 15.3 Å². The van der Waals surface area contributed by atoms with Crippen molar-refractivity contribution < 1.29 is 19.0 Å². The zero-order chi connectivity index (χ0) is 24.2.